The SMILES string of the molecule is CC(=O)N1CCN(C(=O)c2ccccc2OCc2cccc(Br)c2)CC1. The first-order valence-electron chi connectivity index (χ1n) is 8.55. The molecule has 5 nitrogen and oxygen atoms in total. The van der Waals surface area contributed by atoms with Gasteiger partial charge >= 0.3 is 0 Å². The maximum Gasteiger partial charge on any atom is 0.257 e. The third-order valence-corrected chi connectivity index (χ3v) is 4.91. The van der Waals surface area contributed by atoms with Crippen LogP contribution in [0.1, 0.15) is 22.8 Å². The van der Waals surface area contributed by atoms with Gasteiger partial charge in [-0.2, -0.15) is 0 Å². The van der Waals surface area contributed by atoms with E-state index in [1.807, 2.05) is 42.5 Å². The van der Waals surface area contributed by atoms with Crippen molar-refractivity contribution >= 4 is 27.7 Å². The van der Waals surface area contributed by atoms with Gasteiger partial charge in [-0.1, -0.05) is 40.2 Å². The van der Waals surface area contributed by atoms with Crippen LogP contribution in [0.2, 0.25) is 0 Å². The van der Waals surface area contributed by atoms with Crippen molar-refractivity contribution in [1.29, 1.82) is 0 Å². The third kappa shape index (κ3) is 4.43. The second-order valence-electron chi connectivity index (χ2n) is 6.21. The van der Waals surface area contributed by atoms with Crippen LogP contribution < -0.4 is 4.74 Å². The van der Waals surface area contributed by atoms with Crippen LogP contribution in [0.3, 0.4) is 0 Å². The van der Waals surface area contributed by atoms with E-state index in [-0.39, 0.29) is 11.8 Å². The number of nitrogens with zero attached hydrogens (tertiary/aromatic N) is 2. The number of hydrogen-bond acceptors (Lipinski definition) is 3. The molecule has 0 bridgehead atoms. The maximum absolute atomic E-state index is 12.9. The molecule has 136 valence electrons. The first-order chi connectivity index (χ1) is 12.5. The van der Waals surface area contributed by atoms with Crippen molar-refractivity contribution in [2.45, 2.75) is 13.5 Å². The van der Waals surface area contributed by atoms with E-state index in [9.17, 15) is 9.59 Å². The number of benzene rings is 2. The van der Waals surface area contributed by atoms with Crippen molar-refractivity contribution < 1.29 is 14.3 Å². The standard InChI is InChI=1S/C20H21BrN2O3/c1-15(24)22-9-11-23(12-10-22)20(25)18-7-2-3-8-19(18)26-14-16-5-4-6-17(21)13-16/h2-8,13H,9-12,14H2,1H3. The smallest absolute Gasteiger partial charge is 0.257 e. The van der Waals surface area contributed by atoms with E-state index in [0.717, 1.165) is 10.0 Å². The third-order valence-electron chi connectivity index (χ3n) is 4.41. The zero-order valence-electron chi connectivity index (χ0n) is 14.7. The van der Waals surface area contributed by atoms with Crippen molar-refractivity contribution in [3.05, 3.63) is 64.1 Å². The summed E-state index contributed by atoms with van der Waals surface area (Å²) in [7, 11) is 0. The summed E-state index contributed by atoms with van der Waals surface area (Å²) in [5.41, 5.74) is 1.58. The summed E-state index contributed by atoms with van der Waals surface area (Å²) in [6.07, 6.45) is 0. The molecule has 6 heteroatoms. The van der Waals surface area contributed by atoms with E-state index >= 15 is 0 Å². The summed E-state index contributed by atoms with van der Waals surface area (Å²) in [5, 5.41) is 0. The van der Waals surface area contributed by atoms with Gasteiger partial charge in [-0.3, -0.25) is 9.59 Å². The molecule has 2 aromatic rings. The molecule has 3 rings (SSSR count). The molecule has 0 N–H and O–H groups in total. The van der Waals surface area contributed by atoms with Gasteiger partial charge in [0.15, 0.2) is 0 Å². The van der Waals surface area contributed by atoms with E-state index in [0.29, 0.717) is 44.1 Å². The molecular weight excluding hydrogens is 396 g/mol. The van der Waals surface area contributed by atoms with Crippen LogP contribution in [-0.4, -0.2) is 47.8 Å². The van der Waals surface area contributed by atoms with E-state index in [4.69, 9.17) is 4.74 Å². The van der Waals surface area contributed by atoms with Gasteiger partial charge in [-0.25, -0.2) is 0 Å². The Morgan fingerprint density at radius 1 is 1.00 bits per heavy atom. The fourth-order valence-corrected chi connectivity index (χ4v) is 3.40. The van der Waals surface area contributed by atoms with Crippen molar-refractivity contribution in [2.75, 3.05) is 26.2 Å². The van der Waals surface area contributed by atoms with E-state index < -0.39 is 0 Å². The lowest BCUT2D eigenvalue weighted by molar-refractivity contribution is -0.130. The highest BCUT2D eigenvalue weighted by atomic mass is 79.9. The fraction of sp³-hybridized carbons (Fsp3) is 0.300. The number of piperazine rings is 1. The van der Waals surface area contributed by atoms with Crippen molar-refractivity contribution in [2.24, 2.45) is 0 Å². The fourth-order valence-electron chi connectivity index (χ4n) is 2.95. The van der Waals surface area contributed by atoms with Gasteiger partial charge in [-0.15, -0.1) is 0 Å². The molecule has 0 saturated carbocycles. The quantitative estimate of drug-likeness (QED) is 0.767. The number of carbonyl (C=O) groups is 2. The van der Waals surface area contributed by atoms with E-state index in [1.54, 1.807) is 22.8 Å². The molecule has 1 saturated heterocycles. The largest absolute Gasteiger partial charge is 0.488 e. The minimum atomic E-state index is -0.0574. The molecule has 2 aromatic carbocycles. The number of rotatable bonds is 4. The van der Waals surface area contributed by atoms with Crippen LogP contribution in [0.4, 0.5) is 0 Å². The van der Waals surface area contributed by atoms with Crippen LogP contribution in [0.15, 0.2) is 53.0 Å². The molecule has 0 spiro atoms. The summed E-state index contributed by atoms with van der Waals surface area (Å²) in [4.78, 5) is 27.9. The average molecular weight is 417 g/mol. The Balaban J connectivity index is 1.68. The monoisotopic (exact) mass is 416 g/mol. The highest BCUT2D eigenvalue weighted by Gasteiger charge is 2.25. The van der Waals surface area contributed by atoms with Gasteiger partial charge in [0.2, 0.25) is 5.91 Å². The predicted octanol–water partition coefficient (Wildman–Crippen LogP) is 3.33. The lowest BCUT2D eigenvalue weighted by Gasteiger charge is -2.34. The summed E-state index contributed by atoms with van der Waals surface area (Å²) in [6.45, 7) is 4.17. The van der Waals surface area contributed by atoms with Crippen LogP contribution in [0.5, 0.6) is 5.75 Å². The van der Waals surface area contributed by atoms with Gasteiger partial charge in [-0.05, 0) is 29.8 Å². The Morgan fingerprint density at radius 2 is 1.69 bits per heavy atom. The Labute approximate surface area is 161 Å². The van der Waals surface area contributed by atoms with Crippen molar-refractivity contribution in [1.82, 2.24) is 9.80 Å². The number of hydrogen-bond donors (Lipinski definition) is 0. The Kier molecular flexibility index (Phi) is 5.93. The first kappa shape index (κ1) is 18.5. The molecule has 0 radical (unpaired) electrons. The van der Waals surface area contributed by atoms with Crippen LogP contribution >= 0.6 is 15.9 Å². The van der Waals surface area contributed by atoms with Gasteiger partial charge < -0.3 is 14.5 Å². The molecule has 1 fully saturated rings. The highest BCUT2D eigenvalue weighted by Crippen LogP contribution is 2.22. The Hall–Kier alpha value is -2.34. The Morgan fingerprint density at radius 3 is 2.38 bits per heavy atom. The van der Waals surface area contributed by atoms with Crippen molar-refractivity contribution in [3.8, 4) is 5.75 Å². The predicted molar refractivity (Wildman–Crippen MR) is 103 cm³/mol. The second-order valence-corrected chi connectivity index (χ2v) is 7.13. The average Bonchev–Trinajstić information content (AvgIpc) is 2.66. The number of amides is 2. The number of halogens is 1. The van der Waals surface area contributed by atoms with Crippen molar-refractivity contribution in [3.63, 3.8) is 0 Å². The molecular formula is C20H21BrN2O3. The van der Waals surface area contributed by atoms with Crippen LogP contribution in [0.25, 0.3) is 0 Å². The van der Waals surface area contributed by atoms with E-state index in [1.165, 1.54) is 0 Å². The zero-order valence-corrected chi connectivity index (χ0v) is 16.2. The lowest BCUT2D eigenvalue weighted by atomic mass is 10.1. The number of ether oxygens (including phenoxy) is 1. The molecule has 0 atom stereocenters. The maximum atomic E-state index is 12.9. The summed E-state index contributed by atoms with van der Waals surface area (Å²) in [5.74, 6) is 0.569. The topological polar surface area (TPSA) is 49.9 Å². The van der Waals surface area contributed by atoms with Crippen LogP contribution in [0, 0.1) is 0 Å². The van der Waals surface area contributed by atoms with Crippen LogP contribution in [-0.2, 0) is 11.4 Å². The molecule has 0 unspecified atom stereocenters. The summed E-state index contributed by atoms with van der Waals surface area (Å²) >= 11 is 3.45. The van der Waals surface area contributed by atoms with E-state index in [2.05, 4.69) is 15.9 Å². The molecule has 0 aliphatic carbocycles. The molecule has 1 heterocycles. The minimum Gasteiger partial charge on any atom is -0.488 e. The summed E-state index contributed by atoms with van der Waals surface area (Å²) < 4.78 is 6.91. The Bertz CT molecular complexity index is 801. The molecule has 2 amide bonds. The molecule has 1 aliphatic heterocycles. The highest BCUT2D eigenvalue weighted by molar-refractivity contribution is 9.10. The zero-order chi connectivity index (χ0) is 18.5. The molecule has 1 aliphatic rings. The number of para-hydroxylation sites is 1. The molecule has 0 aromatic heterocycles. The van der Waals surface area contributed by atoms with Gasteiger partial charge in [0.05, 0.1) is 5.56 Å². The second kappa shape index (κ2) is 8.36. The first-order valence-corrected chi connectivity index (χ1v) is 9.35. The number of carbonyl (C=O) groups excluding carboxylic acids is 2. The van der Waals surface area contributed by atoms with Gasteiger partial charge in [0, 0.05) is 37.6 Å². The van der Waals surface area contributed by atoms with Gasteiger partial charge in [0.25, 0.3) is 5.91 Å². The molecule has 26 heavy (non-hydrogen) atoms. The summed E-state index contributed by atoms with van der Waals surface area (Å²) in [6, 6.07) is 15.2. The normalized spacial score (nSPS) is 14.2. The van der Waals surface area contributed by atoms with Gasteiger partial charge in [0.1, 0.15) is 12.4 Å². The lowest BCUT2D eigenvalue weighted by Crippen LogP contribution is -2.50. The minimum absolute atomic E-state index is 0.0508.